The Bertz CT molecular complexity index is 388. The molecule has 16 heavy (non-hydrogen) atoms. The number of hydrogen-bond acceptors (Lipinski definition) is 2. The number of carbonyl (C=O) groups excluding carboxylic acids is 1. The van der Waals surface area contributed by atoms with Crippen LogP contribution in [0.1, 0.15) is 6.92 Å². The lowest BCUT2D eigenvalue weighted by Gasteiger charge is -2.10. The van der Waals surface area contributed by atoms with Crippen molar-refractivity contribution in [3.63, 3.8) is 0 Å². The fraction of sp³-hybridized carbons (Fsp3) is 0.250. The largest absolute Gasteiger partial charge is 0.495 e. The van der Waals surface area contributed by atoms with Gasteiger partial charge in [-0.1, -0.05) is 24.3 Å². The van der Waals surface area contributed by atoms with Gasteiger partial charge in [-0.05, 0) is 19.1 Å². The van der Waals surface area contributed by atoms with Crippen molar-refractivity contribution >= 4 is 11.7 Å². The summed E-state index contributed by atoms with van der Waals surface area (Å²) in [6, 6.07) is 6.97. The fourth-order valence-electron chi connectivity index (χ4n) is 1.15. The van der Waals surface area contributed by atoms with Crippen molar-refractivity contribution in [1.29, 1.82) is 0 Å². The SMILES string of the molecule is C=C(C)CNC(=O)Nc1ccccc1OC. The second-order valence-corrected chi connectivity index (χ2v) is 3.47. The van der Waals surface area contributed by atoms with Gasteiger partial charge in [0.25, 0.3) is 0 Å². The second kappa shape index (κ2) is 5.80. The zero-order valence-corrected chi connectivity index (χ0v) is 9.54. The Morgan fingerprint density at radius 3 is 2.75 bits per heavy atom. The predicted molar refractivity (Wildman–Crippen MR) is 64.8 cm³/mol. The topological polar surface area (TPSA) is 50.4 Å². The highest BCUT2D eigenvalue weighted by molar-refractivity contribution is 5.90. The minimum absolute atomic E-state index is 0.271. The summed E-state index contributed by atoms with van der Waals surface area (Å²) in [6.07, 6.45) is 0. The second-order valence-electron chi connectivity index (χ2n) is 3.47. The van der Waals surface area contributed by atoms with Crippen molar-refractivity contribution < 1.29 is 9.53 Å². The monoisotopic (exact) mass is 220 g/mol. The molecule has 2 amide bonds. The van der Waals surface area contributed by atoms with E-state index in [9.17, 15) is 4.79 Å². The van der Waals surface area contributed by atoms with Crippen molar-refractivity contribution in [3.8, 4) is 5.75 Å². The molecular weight excluding hydrogens is 204 g/mol. The molecule has 0 heterocycles. The number of hydrogen-bond donors (Lipinski definition) is 2. The van der Waals surface area contributed by atoms with E-state index >= 15 is 0 Å². The summed E-state index contributed by atoms with van der Waals surface area (Å²) in [6.45, 7) is 6.01. The van der Waals surface area contributed by atoms with Crippen LogP contribution >= 0.6 is 0 Å². The summed E-state index contributed by atoms with van der Waals surface area (Å²) in [5.41, 5.74) is 1.54. The Kier molecular flexibility index (Phi) is 4.39. The van der Waals surface area contributed by atoms with Gasteiger partial charge in [-0.2, -0.15) is 0 Å². The molecule has 0 bridgehead atoms. The van der Waals surface area contributed by atoms with Gasteiger partial charge < -0.3 is 15.4 Å². The van der Waals surface area contributed by atoms with Gasteiger partial charge >= 0.3 is 6.03 Å². The lowest BCUT2D eigenvalue weighted by molar-refractivity contribution is 0.252. The first-order valence-corrected chi connectivity index (χ1v) is 4.95. The number of benzene rings is 1. The minimum Gasteiger partial charge on any atom is -0.495 e. The van der Waals surface area contributed by atoms with Crippen LogP contribution in [0.5, 0.6) is 5.75 Å². The highest BCUT2D eigenvalue weighted by atomic mass is 16.5. The molecule has 1 aromatic carbocycles. The molecule has 0 fully saturated rings. The third-order valence-electron chi connectivity index (χ3n) is 1.91. The molecule has 0 saturated heterocycles. The number of anilines is 1. The number of para-hydroxylation sites is 2. The molecule has 0 atom stereocenters. The summed E-state index contributed by atoms with van der Waals surface area (Å²) in [5, 5.41) is 5.38. The molecule has 0 radical (unpaired) electrons. The zero-order chi connectivity index (χ0) is 12.0. The number of rotatable bonds is 4. The third kappa shape index (κ3) is 3.65. The smallest absolute Gasteiger partial charge is 0.319 e. The molecule has 0 spiro atoms. The number of methoxy groups -OCH3 is 1. The Morgan fingerprint density at radius 2 is 2.12 bits per heavy atom. The van der Waals surface area contributed by atoms with Gasteiger partial charge in [-0.3, -0.25) is 0 Å². The summed E-state index contributed by atoms with van der Waals surface area (Å²) in [7, 11) is 1.56. The van der Waals surface area contributed by atoms with Crippen LogP contribution in [-0.4, -0.2) is 19.7 Å². The average Bonchev–Trinajstić information content (AvgIpc) is 2.27. The maximum absolute atomic E-state index is 11.5. The van der Waals surface area contributed by atoms with Crippen LogP contribution in [-0.2, 0) is 0 Å². The highest BCUT2D eigenvalue weighted by Gasteiger charge is 2.05. The molecule has 0 aliphatic heterocycles. The van der Waals surface area contributed by atoms with Gasteiger partial charge in [0.1, 0.15) is 5.75 Å². The number of carbonyl (C=O) groups is 1. The van der Waals surface area contributed by atoms with Gasteiger partial charge in [0.05, 0.1) is 12.8 Å². The van der Waals surface area contributed by atoms with E-state index in [1.807, 2.05) is 19.1 Å². The standard InChI is InChI=1S/C12H16N2O2/c1-9(2)8-13-12(15)14-10-6-4-5-7-11(10)16-3/h4-7H,1,8H2,2-3H3,(H2,13,14,15). The van der Waals surface area contributed by atoms with Crippen LogP contribution in [0.2, 0.25) is 0 Å². The Morgan fingerprint density at radius 1 is 1.44 bits per heavy atom. The Balaban J connectivity index is 2.58. The van der Waals surface area contributed by atoms with Crippen LogP contribution in [0, 0.1) is 0 Å². The molecule has 0 saturated carbocycles. The van der Waals surface area contributed by atoms with Crippen LogP contribution in [0.25, 0.3) is 0 Å². The molecule has 86 valence electrons. The van der Waals surface area contributed by atoms with E-state index in [2.05, 4.69) is 17.2 Å². The normalized spacial score (nSPS) is 9.38. The molecular formula is C12H16N2O2. The Hall–Kier alpha value is -1.97. The molecule has 0 aromatic heterocycles. The van der Waals surface area contributed by atoms with Crippen LogP contribution in [0.15, 0.2) is 36.4 Å². The van der Waals surface area contributed by atoms with E-state index in [0.29, 0.717) is 18.0 Å². The molecule has 0 unspecified atom stereocenters. The number of nitrogens with one attached hydrogen (secondary N) is 2. The summed E-state index contributed by atoms with van der Waals surface area (Å²) < 4.78 is 5.11. The van der Waals surface area contributed by atoms with Crippen molar-refractivity contribution in [2.75, 3.05) is 19.0 Å². The molecule has 0 aliphatic rings. The molecule has 1 aromatic rings. The van der Waals surface area contributed by atoms with Crippen molar-refractivity contribution in [3.05, 3.63) is 36.4 Å². The molecule has 2 N–H and O–H groups in total. The molecule has 4 heteroatoms. The zero-order valence-electron chi connectivity index (χ0n) is 9.54. The van der Waals surface area contributed by atoms with Crippen LogP contribution in [0.4, 0.5) is 10.5 Å². The van der Waals surface area contributed by atoms with Gasteiger partial charge in [0.2, 0.25) is 0 Å². The van der Waals surface area contributed by atoms with Gasteiger partial charge in [-0.15, -0.1) is 0 Å². The molecule has 4 nitrogen and oxygen atoms in total. The molecule has 0 aliphatic carbocycles. The summed E-state index contributed by atoms with van der Waals surface area (Å²) in [5.74, 6) is 0.632. The highest BCUT2D eigenvalue weighted by Crippen LogP contribution is 2.22. The maximum Gasteiger partial charge on any atom is 0.319 e. The fourth-order valence-corrected chi connectivity index (χ4v) is 1.15. The van der Waals surface area contributed by atoms with E-state index in [1.165, 1.54) is 0 Å². The van der Waals surface area contributed by atoms with Gasteiger partial charge in [0.15, 0.2) is 0 Å². The van der Waals surface area contributed by atoms with Crippen LogP contribution in [0.3, 0.4) is 0 Å². The lowest BCUT2D eigenvalue weighted by Crippen LogP contribution is -2.29. The lowest BCUT2D eigenvalue weighted by atomic mass is 10.3. The van der Waals surface area contributed by atoms with Crippen LogP contribution < -0.4 is 15.4 Å². The van der Waals surface area contributed by atoms with Crippen molar-refractivity contribution in [1.82, 2.24) is 5.32 Å². The van der Waals surface area contributed by atoms with E-state index in [4.69, 9.17) is 4.74 Å². The average molecular weight is 220 g/mol. The van der Waals surface area contributed by atoms with E-state index < -0.39 is 0 Å². The predicted octanol–water partition coefficient (Wildman–Crippen LogP) is 2.39. The first-order chi connectivity index (χ1) is 7.63. The van der Waals surface area contributed by atoms with Gasteiger partial charge in [-0.25, -0.2) is 4.79 Å². The quantitative estimate of drug-likeness (QED) is 0.765. The van der Waals surface area contributed by atoms with E-state index in [-0.39, 0.29) is 6.03 Å². The van der Waals surface area contributed by atoms with E-state index in [0.717, 1.165) is 5.57 Å². The Labute approximate surface area is 95.3 Å². The van der Waals surface area contributed by atoms with Gasteiger partial charge in [0, 0.05) is 6.54 Å². The number of ether oxygens (including phenoxy) is 1. The first kappa shape index (κ1) is 12.1. The van der Waals surface area contributed by atoms with E-state index in [1.54, 1.807) is 19.2 Å². The van der Waals surface area contributed by atoms with Crippen molar-refractivity contribution in [2.45, 2.75) is 6.92 Å². The third-order valence-corrected chi connectivity index (χ3v) is 1.91. The first-order valence-electron chi connectivity index (χ1n) is 4.95. The molecule has 1 rings (SSSR count). The van der Waals surface area contributed by atoms with Crippen molar-refractivity contribution in [2.24, 2.45) is 0 Å². The number of urea groups is 1. The summed E-state index contributed by atoms with van der Waals surface area (Å²) >= 11 is 0. The summed E-state index contributed by atoms with van der Waals surface area (Å²) in [4.78, 5) is 11.5. The maximum atomic E-state index is 11.5. The minimum atomic E-state index is -0.271. The number of amides is 2.